The zero-order chi connectivity index (χ0) is 22.1. The van der Waals surface area contributed by atoms with Crippen LogP contribution in [0.25, 0.3) is 6.08 Å². The van der Waals surface area contributed by atoms with Gasteiger partial charge >= 0.3 is 0 Å². The van der Waals surface area contributed by atoms with E-state index in [-0.39, 0.29) is 23.9 Å². The fraction of sp³-hybridized carbons (Fsp3) is 0.0833. The molecule has 4 rings (SSSR count). The van der Waals surface area contributed by atoms with Crippen LogP contribution in [0.3, 0.4) is 0 Å². The average molecular weight is 474 g/mol. The maximum atomic E-state index is 12.7. The van der Waals surface area contributed by atoms with Gasteiger partial charge in [-0.15, -0.1) is 0 Å². The van der Waals surface area contributed by atoms with E-state index in [9.17, 15) is 9.59 Å². The zero-order valence-electron chi connectivity index (χ0n) is 16.2. The third kappa shape index (κ3) is 4.47. The molecule has 156 valence electrons. The van der Waals surface area contributed by atoms with Crippen LogP contribution in [0.2, 0.25) is 15.1 Å². The van der Waals surface area contributed by atoms with E-state index >= 15 is 0 Å². The van der Waals surface area contributed by atoms with Crippen LogP contribution < -0.4 is 9.47 Å². The van der Waals surface area contributed by atoms with E-state index < -0.39 is 0 Å². The van der Waals surface area contributed by atoms with Crippen LogP contribution in [-0.4, -0.2) is 18.2 Å². The number of ether oxygens (including phenoxy) is 2. The second kappa shape index (κ2) is 8.75. The third-order valence-corrected chi connectivity index (χ3v) is 5.79. The molecule has 7 heteroatoms. The largest absolute Gasteiger partial charge is 0.485 e. The summed E-state index contributed by atoms with van der Waals surface area (Å²) in [6.45, 7) is 1.62. The highest BCUT2D eigenvalue weighted by atomic mass is 35.5. The third-order valence-electron chi connectivity index (χ3n) is 4.80. The van der Waals surface area contributed by atoms with Gasteiger partial charge in [-0.25, -0.2) is 0 Å². The SMILES string of the molecule is Cc1c(OCC(=O)c2ccc(Cl)cc2)ccc2c1O/C(=C\c1ccc(Cl)c(Cl)c1)C2=O. The number of carbonyl (C=O) groups excluding carboxylic acids is 2. The topological polar surface area (TPSA) is 52.6 Å². The Bertz CT molecular complexity index is 1230. The van der Waals surface area contributed by atoms with Gasteiger partial charge in [-0.3, -0.25) is 9.59 Å². The first-order chi connectivity index (χ1) is 14.8. The molecule has 0 aliphatic carbocycles. The van der Waals surface area contributed by atoms with Crippen LogP contribution in [0, 0.1) is 6.92 Å². The van der Waals surface area contributed by atoms with Gasteiger partial charge in [-0.2, -0.15) is 0 Å². The van der Waals surface area contributed by atoms with Crippen molar-refractivity contribution in [2.75, 3.05) is 6.61 Å². The number of fused-ring (bicyclic) bond motifs is 1. The van der Waals surface area contributed by atoms with E-state index in [0.29, 0.717) is 48.8 Å². The molecular formula is C24H15Cl3O4. The molecule has 0 saturated heterocycles. The molecule has 0 aromatic heterocycles. The number of halogens is 3. The fourth-order valence-corrected chi connectivity index (χ4v) is 3.57. The van der Waals surface area contributed by atoms with Gasteiger partial charge in [0.2, 0.25) is 5.78 Å². The molecule has 3 aromatic rings. The molecule has 0 atom stereocenters. The predicted octanol–water partition coefficient (Wildman–Crippen LogP) is 6.83. The molecule has 0 N–H and O–H groups in total. The molecule has 1 aliphatic heterocycles. The second-order valence-electron chi connectivity index (χ2n) is 6.90. The first-order valence-corrected chi connectivity index (χ1v) is 10.4. The van der Waals surface area contributed by atoms with Gasteiger partial charge in [0.1, 0.15) is 11.5 Å². The molecule has 0 fully saturated rings. The molecule has 1 heterocycles. The number of benzene rings is 3. The predicted molar refractivity (Wildman–Crippen MR) is 122 cm³/mol. The van der Waals surface area contributed by atoms with Crippen molar-refractivity contribution in [2.24, 2.45) is 0 Å². The molecule has 0 spiro atoms. The minimum absolute atomic E-state index is 0.152. The lowest BCUT2D eigenvalue weighted by molar-refractivity contribution is 0.0920. The number of hydrogen-bond acceptors (Lipinski definition) is 4. The minimum Gasteiger partial charge on any atom is -0.485 e. The lowest BCUT2D eigenvalue weighted by atomic mass is 10.1. The van der Waals surface area contributed by atoms with Gasteiger partial charge in [0.25, 0.3) is 0 Å². The lowest BCUT2D eigenvalue weighted by Crippen LogP contribution is -2.12. The molecule has 4 nitrogen and oxygen atoms in total. The van der Waals surface area contributed by atoms with Crippen LogP contribution in [-0.2, 0) is 0 Å². The van der Waals surface area contributed by atoms with E-state index in [1.54, 1.807) is 67.6 Å². The standard InChI is InChI=1S/C24H15Cl3O4/c1-13-21(30-12-20(28)15-3-5-16(25)6-4-15)9-7-17-23(29)22(31-24(13)17)11-14-2-8-18(26)19(27)10-14/h2-11H,12H2,1H3/b22-11-. The molecule has 0 amide bonds. The highest BCUT2D eigenvalue weighted by Gasteiger charge is 2.30. The Morgan fingerprint density at radius 2 is 1.74 bits per heavy atom. The van der Waals surface area contributed by atoms with Crippen molar-refractivity contribution < 1.29 is 19.1 Å². The Hall–Kier alpha value is -2.79. The second-order valence-corrected chi connectivity index (χ2v) is 8.15. The summed E-state index contributed by atoms with van der Waals surface area (Å²) in [6, 6.07) is 14.9. The molecule has 0 unspecified atom stereocenters. The average Bonchev–Trinajstić information content (AvgIpc) is 3.07. The number of carbonyl (C=O) groups is 2. The summed E-state index contributed by atoms with van der Waals surface area (Å²) in [5.74, 6) is 0.616. The van der Waals surface area contributed by atoms with Crippen molar-refractivity contribution in [1.82, 2.24) is 0 Å². The van der Waals surface area contributed by atoms with E-state index in [1.807, 2.05) is 0 Å². The van der Waals surface area contributed by atoms with Gasteiger partial charge < -0.3 is 9.47 Å². The number of rotatable bonds is 5. The minimum atomic E-state index is -0.243. The van der Waals surface area contributed by atoms with Gasteiger partial charge in [0, 0.05) is 16.1 Å². The van der Waals surface area contributed by atoms with Crippen LogP contribution in [0.4, 0.5) is 0 Å². The molecule has 0 saturated carbocycles. The van der Waals surface area contributed by atoms with Crippen molar-refractivity contribution in [3.63, 3.8) is 0 Å². The Kier molecular flexibility index (Phi) is 6.05. The van der Waals surface area contributed by atoms with Crippen LogP contribution in [0.5, 0.6) is 11.5 Å². The lowest BCUT2D eigenvalue weighted by Gasteiger charge is -2.11. The number of Topliss-reactive ketones (excluding diaryl/α,β-unsaturated/α-hetero) is 2. The maximum Gasteiger partial charge on any atom is 0.231 e. The Labute approximate surface area is 193 Å². The summed E-state index contributed by atoms with van der Waals surface area (Å²) in [5.41, 5.74) is 2.25. The summed E-state index contributed by atoms with van der Waals surface area (Å²) in [7, 11) is 0. The normalized spacial score (nSPS) is 13.8. The Morgan fingerprint density at radius 1 is 1.00 bits per heavy atom. The summed E-state index contributed by atoms with van der Waals surface area (Å²) in [4.78, 5) is 25.1. The number of allylic oxidation sites excluding steroid dienone is 1. The maximum absolute atomic E-state index is 12.7. The monoisotopic (exact) mass is 472 g/mol. The number of hydrogen-bond donors (Lipinski definition) is 0. The van der Waals surface area contributed by atoms with E-state index in [0.717, 1.165) is 0 Å². The number of ketones is 2. The van der Waals surface area contributed by atoms with Crippen molar-refractivity contribution in [2.45, 2.75) is 6.92 Å². The molecule has 3 aromatic carbocycles. The highest BCUT2D eigenvalue weighted by Crippen LogP contribution is 2.39. The highest BCUT2D eigenvalue weighted by molar-refractivity contribution is 6.42. The Balaban J connectivity index is 1.53. The van der Waals surface area contributed by atoms with E-state index in [2.05, 4.69) is 0 Å². The van der Waals surface area contributed by atoms with Gasteiger partial charge in [-0.05, 0) is 67.1 Å². The van der Waals surface area contributed by atoms with Crippen molar-refractivity contribution in [3.05, 3.63) is 97.7 Å². The molecule has 31 heavy (non-hydrogen) atoms. The van der Waals surface area contributed by atoms with Crippen molar-refractivity contribution in [3.8, 4) is 11.5 Å². The van der Waals surface area contributed by atoms with E-state index in [4.69, 9.17) is 44.3 Å². The zero-order valence-corrected chi connectivity index (χ0v) is 18.5. The van der Waals surface area contributed by atoms with Crippen LogP contribution >= 0.6 is 34.8 Å². The molecular weight excluding hydrogens is 459 g/mol. The summed E-state index contributed by atoms with van der Waals surface area (Å²) < 4.78 is 11.5. The van der Waals surface area contributed by atoms with Crippen LogP contribution in [0.15, 0.2) is 60.4 Å². The Morgan fingerprint density at radius 3 is 2.45 bits per heavy atom. The fourth-order valence-electron chi connectivity index (χ4n) is 3.14. The summed E-state index contributed by atoms with van der Waals surface area (Å²) in [6.07, 6.45) is 1.61. The smallest absolute Gasteiger partial charge is 0.231 e. The summed E-state index contributed by atoms with van der Waals surface area (Å²) in [5, 5.41) is 1.37. The first-order valence-electron chi connectivity index (χ1n) is 9.28. The van der Waals surface area contributed by atoms with Gasteiger partial charge in [0.15, 0.2) is 18.1 Å². The molecule has 0 radical (unpaired) electrons. The van der Waals surface area contributed by atoms with Crippen LogP contribution in [0.1, 0.15) is 31.8 Å². The van der Waals surface area contributed by atoms with Gasteiger partial charge in [-0.1, -0.05) is 40.9 Å². The molecule has 0 bridgehead atoms. The van der Waals surface area contributed by atoms with E-state index in [1.165, 1.54) is 0 Å². The van der Waals surface area contributed by atoms with Crippen molar-refractivity contribution >= 4 is 52.4 Å². The summed E-state index contributed by atoms with van der Waals surface area (Å²) >= 11 is 17.8. The van der Waals surface area contributed by atoms with Gasteiger partial charge in [0.05, 0.1) is 15.6 Å². The molecule has 1 aliphatic rings. The first kappa shape index (κ1) is 21.4. The quantitative estimate of drug-likeness (QED) is 0.301. The van der Waals surface area contributed by atoms with Crippen molar-refractivity contribution in [1.29, 1.82) is 0 Å².